The number of aliphatic carboxylic acids is 1. The van der Waals surface area contributed by atoms with Crippen molar-refractivity contribution >= 4 is 33.5 Å². The van der Waals surface area contributed by atoms with Gasteiger partial charge in [0.2, 0.25) is 10.0 Å². The van der Waals surface area contributed by atoms with E-state index < -0.39 is 21.5 Å². The molecule has 0 spiro atoms. The third kappa shape index (κ3) is 3.28. The molecule has 1 saturated heterocycles. The van der Waals surface area contributed by atoms with Gasteiger partial charge < -0.3 is 5.11 Å². The van der Waals surface area contributed by atoms with E-state index >= 15 is 0 Å². The summed E-state index contributed by atoms with van der Waals surface area (Å²) in [6, 6.07) is 5.57. The average Bonchev–Trinajstić information content (AvgIpc) is 2.88. The Morgan fingerprint density at radius 1 is 1.38 bits per heavy atom. The van der Waals surface area contributed by atoms with Crippen molar-refractivity contribution in [3.8, 4) is 0 Å². The number of sulfonamides is 1. The summed E-state index contributed by atoms with van der Waals surface area (Å²) in [6.07, 6.45) is 0.235. The highest BCUT2D eigenvalue weighted by Gasteiger charge is 2.45. The number of carbonyl (C=O) groups is 2. The molecule has 6 nitrogen and oxygen atoms in total. The lowest BCUT2D eigenvalue weighted by Gasteiger charge is -2.24. The van der Waals surface area contributed by atoms with Gasteiger partial charge in [-0.3, -0.25) is 9.59 Å². The minimum absolute atomic E-state index is 0.104. The molecule has 0 bridgehead atoms. The lowest BCUT2D eigenvalue weighted by molar-refractivity contribution is -0.142. The Morgan fingerprint density at radius 2 is 2.10 bits per heavy atom. The summed E-state index contributed by atoms with van der Waals surface area (Å²) in [6.45, 7) is 1.34. The van der Waals surface area contributed by atoms with E-state index in [1.165, 1.54) is 43.0 Å². The number of Topliss-reactive ketones (excluding diaryl/α,β-unsaturated/α-hetero) is 1. The first-order valence-corrected chi connectivity index (χ1v) is 8.87. The van der Waals surface area contributed by atoms with Crippen LogP contribution in [-0.2, 0) is 14.8 Å². The minimum atomic E-state index is -4.00. The fourth-order valence-corrected chi connectivity index (χ4v) is 4.91. The van der Waals surface area contributed by atoms with Crippen molar-refractivity contribution in [2.45, 2.75) is 23.8 Å². The van der Waals surface area contributed by atoms with Gasteiger partial charge in [-0.15, -0.1) is 0 Å². The summed E-state index contributed by atoms with van der Waals surface area (Å²) in [7, 11) is -4.00. The molecule has 0 radical (unpaired) electrons. The van der Waals surface area contributed by atoms with Gasteiger partial charge in [-0.25, -0.2) is 8.42 Å². The van der Waals surface area contributed by atoms with E-state index in [9.17, 15) is 23.1 Å². The molecule has 1 unspecified atom stereocenters. The molecule has 1 aliphatic rings. The number of carboxylic acid groups (broad SMARTS) is 1. The van der Waals surface area contributed by atoms with Crippen LogP contribution in [0.15, 0.2) is 29.2 Å². The van der Waals surface area contributed by atoms with E-state index in [4.69, 9.17) is 0 Å². The SMILES string of the molecule is CC(=O)c1cccc(S(=O)(=O)NC2(C(=O)O)CCSC2)c1. The highest BCUT2D eigenvalue weighted by atomic mass is 32.2. The Bertz CT molecular complexity index is 678. The summed E-state index contributed by atoms with van der Waals surface area (Å²) in [5, 5.41) is 9.32. The molecule has 21 heavy (non-hydrogen) atoms. The van der Waals surface area contributed by atoms with E-state index in [2.05, 4.69) is 4.72 Å². The summed E-state index contributed by atoms with van der Waals surface area (Å²) in [5.41, 5.74) is -1.21. The van der Waals surface area contributed by atoms with Gasteiger partial charge in [0.05, 0.1) is 4.90 Å². The van der Waals surface area contributed by atoms with Gasteiger partial charge >= 0.3 is 5.97 Å². The summed E-state index contributed by atoms with van der Waals surface area (Å²) in [5.74, 6) is -0.661. The van der Waals surface area contributed by atoms with Crippen LogP contribution in [-0.4, -0.2) is 42.3 Å². The van der Waals surface area contributed by atoms with Crippen LogP contribution in [0, 0.1) is 0 Å². The zero-order valence-corrected chi connectivity index (χ0v) is 13.0. The number of carboxylic acids is 1. The number of rotatable bonds is 5. The maximum absolute atomic E-state index is 12.4. The lowest BCUT2D eigenvalue weighted by atomic mass is 10.0. The van der Waals surface area contributed by atoms with Crippen LogP contribution in [0.1, 0.15) is 23.7 Å². The molecule has 8 heteroatoms. The van der Waals surface area contributed by atoms with Crippen molar-refractivity contribution in [3.05, 3.63) is 29.8 Å². The normalized spacial score (nSPS) is 22.1. The summed E-state index contributed by atoms with van der Waals surface area (Å²) in [4.78, 5) is 22.6. The molecule has 1 heterocycles. The summed E-state index contributed by atoms with van der Waals surface area (Å²) < 4.78 is 27.0. The lowest BCUT2D eigenvalue weighted by Crippen LogP contribution is -2.54. The van der Waals surface area contributed by atoms with Crippen LogP contribution >= 0.6 is 11.8 Å². The fraction of sp³-hybridized carbons (Fsp3) is 0.385. The van der Waals surface area contributed by atoms with Crippen molar-refractivity contribution < 1.29 is 23.1 Å². The standard InChI is InChI=1S/C13H15NO5S2/c1-9(15)10-3-2-4-11(7-10)21(18,19)14-13(12(16)17)5-6-20-8-13/h2-4,7,14H,5-6,8H2,1H3,(H,16,17). The maximum Gasteiger partial charge on any atom is 0.325 e. The highest BCUT2D eigenvalue weighted by molar-refractivity contribution is 7.99. The van der Waals surface area contributed by atoms with Gasteiger partial charge in [0.25, 0.3) is 0 Å². The molecule has 1 aliphatic heterocycles. The van der Waals surface area contributed by atoms with E-state index in [-0.39, 0.29) is 28.4 Å². The van der Waals surface area contributed by atoms with Crippen LogP contribution < -0.4 is 4.72 Å². The Morgan fingerprint density at radius 3 is 2.62 bits per heavy atom. The number of ketones is 1. The molecular weight excluding hydrogens is 314 g/mol. The first-order chi connectivity index (χ1) is 9.77. The quantitative estimate of drug-likeness (QED) is 0.785. The number of hydrogen-bond donors (Lipinski definition) is 2. The molecule has 2 rings (SSSR count). The van der Waals surface area contributed by atoms with E-state index in [1.54, 1.807) is 0 Å². The molecule has 1 fully saturated rings. The van der Waals surface area contributed by atoms with Crippen molar-refractivity contribution in [2.24, 2.45) is 0 Å². The molecule has 1 atom stereocenters. The molecule has 0 aliphatic carbocycles. The predicted molar refractivity (Wildman–Crippen MR) is 79.1 cm³/mol. The third-order valence-electron chi connectivity index (χ3n) is 3.31. The van der Waals surface area contributed by atoms with Gasteiger partial charge in [-0.05, 0) is 31.2 Å². The number of hydrogen-bond acceptors (Lipinski definition) is 5. The average molecular weight is 329 g/mol. The molecule has 1 aromatic rings. The monoisotopic (exact) mass is 329 g/mol. The molecular formula is C13H15NO5S2. The zero-order chi connectivity index (χ0) is 15.7. The van der Waals surface area contributed by atoms with Crippen LogP contribution in [0.2, 0.25) is 0 Å². The van der Waals surface area contributed by atoms with Crippen LogP contribution in [0.5, 0.6) is 0 Å². The van der Waals surface area contributed by atoms with Crippen molar-refractivity contribution in [1.82, 2.24) is 4.72 Å². The van der Waals surface area contributed by atoms with Crippen molar-refractivity contribution in [1.29, 1.82) is 0 Å². The van der Waals surface area contributed by atoms with Gasteiger partial charge in [-0.1, -0.05) is 12.1 Å². The number of carbonyl (C=O) groups excluding carboxylic acids is 1. The Hall–Kier alpha value is -1.38. The molecule has 1 aromatic carbocycles. The largest absolute Gasteiger partial charge is 0.480 e. The van der Waals surface area contributed by atoms with Gasteiger partial charge in [0.15, 0.2) is 5.78 Å². The van der Waals surface area contributed by atoms with Gasteiger partial charge in [0, 0.05) is 11.3 Å². The number of benzene rings is 1. The minimum Gasteiger partial charge on any atom is -0.480 e. The second-order valence-electron chi connectivity index (χ2n) is 4.88. The Balaban J connectivity index is 2.36. The molecule has 114 valence electrons. The van der Waals surface area contributed by atoms with Crippen molar-refractivity contribution in [2.75, 3.05) is 11.5 Å². The first-order valence-electron chi connectivity index (χ1n) is 6.23. The highest BCUT2D eigenvalue weighted by Crippen LogP contribution is 2.30. The Kier molecular flexibility index (Phi) is 4.40. The topological polar surface area (TPSA) is 101 Å². The number of nitrogens with one attached hydrogen (secondary N) is 1. The second-order valence-corrected chi connectivity index (χ2v) is 7.67. The van der Waals surface area contributed by atoms with E-state index in [0.717, 1.165) is 0 Å². The second kappa shape index (κ2) is 5.78. The molecule has 2 N–H and O–H groups in total. The fourth-order valence-electron chi connectivity index (χ4n) is 2.06. The Labute approximate surface area is 127 Å². The smallest absolute Gasteiger partial charge is 0.325 e. The number of thioether (sulfide) groups is 1. The van der Waals surface area contributed by atoms with E-state index in [1.807, 2.05) is 0 Å². The van der Waals surface area contributed by atoms with Crippen LogP contribution in [0.25, 0.3) is 0 Å². The molecule has 0 amide bonds. The van der Waals surface area contributed by atoms with E-state index in [0.29, 0.717) is 5.75 Å². The molecule has 0 saturated carbocycles. The van der Waals surface area contributed by atoms with Crippen LogP contribution in [0.3, 0.4) is 0 Å². The third-order valence-corrected chi connectivity index (χ3v) is 6.04. The zero-order valence-electron chi connectivity index (χ0n) is 11.3. The first kappa shape index (κ1) is 16.0. The van der Waals surface area contributed by atoms with Gasteiger partial charge in [0.1, 0.15) is 5.54 Å². The maximum atomic E-state index is 12.4. The molecule has 0 aromatic heterocycles. The summed E-state index contributed by atoms with van der Waals surface area (Å²) >= 11 is 1.39. The van der Waals surface area contributed by atoms with Crippen LogP contribution in [0.4, 0.5) is 0 Å². The van der Waals surface area contributed by atoms with Crippen molar-refractivity contribution in [3.63, 3.8) is 0 Å². The predicted octanol–water partition coefficient (Wildman–Crippen LogP) is 1.13. The van der Waals surface area contributed by atoms with Gasteiger partial charge in [-0.2, -0.15) is 16.5 Å².